The van der Waals surface area contributed by atoms with E-state index in [1.54, 1.807) is 76.9 Å². The third-order valence-electron chi connectivity index (χ3n) is 8.96. The lowest BCUT2D eigenvalue weighted by molar-refractivity contribution is 0.102. The molecule has 0 spiro atoms. The molecule has 10 heteroatoms. The maximum atomic E-state index is 13.2. The first-order chi connectivity index (χ1) is 24.2. The number of nitrogens with one attached hydrogen (secondary N) is 2. The van der Waals surface area contributed by atoms with Crippen LogP contribution >= 0.6 is 0 Å². The van der Waals surface area contributed by atoms with Crippen LogP contribution in [-0.4, -0.2) is 54.8 Å². The van der Waals surface area contributed by atoms with E-state index < -0.39 is 5.56 Å². The zero-order valence-corrected chi connectivity index (χ0v) is 28.6. The molecule has 4 aromatic carbocycles. The van der Waals surface area contributed by atoms with E-state index in [-0.39, 0.29) is 22.2 Å². The number of methoxy groups -OCH3 is 3. The lowest BCUT2D eigenvalue weighted by Crippen LogP contribution is -2.52. The van der Waals surface area contributed by atoms with Crippen molar-refractivity contribution in [3.8, 4) is 17.2 Å². The highest BCUT2D eigenvalue weighted by Gasteiger charge is 2.19. The normalized spacial score (nSPS) is 13.5. The maximum Gasteiger partial charge on any atom is 0.274 e. The average Bonchev–Trinajstić information content (AvgIpc) is 3.14. The van der Waals surface area contributed by atoms with Crippen molar-refractivity contribution in [3.63, 3.8) is 0 Å². The van der Waals surface area contributed by atoms with E-state index >= 15 is 0 Å². The monoisotopic (exact) mass is 672 g/mol. The summed E-state index contributed by atoms with van der Waals surface area (Å²) >= 11 is 0. The van der Waals surface area contributed by atoms with Gasteiger partial charge in [0, 0.05) is 37.9 Å². The number of ether oxygens (including phenoxy) is 3. The summed E-state index contributed by atoms with van der Waals surface area (Å²) < 4.78 is 17.5. The number of nitrogens with zero attached hydrogens (tertiary/aromatic N) is 2. The van der Waals surface area contributed by atoms with Crippen LogP contribution in [0, 0.1) is 0 Å². The Morgan fingerprint density at radius 1 is 0.840 bits per heavy atom. The standard InChI is InChI=1S/C40H40N4O6/c1-43-35(22-28-8-6-10-33(20-28)48-2)39(46)42-34(40(43)47)21-27-7-5-9-30(19-27)38(45)41-32-13-11-26(12-14-32)15-17-44-18-16-29-23-36(49-3)37(50-4)24-31(29)25-44/h5-14,19-24H,15-18,25H2,1-4H3,(H,41,45)(H,42,46). The van der Waals surface area contributed by atoms with Crippen molar-refractivity contribution in [1.82, 2.24) is 14.5 Å². The molecule has 0 bridgehead atoms. The minimum Gasteiger partial charge on any atom is -0.497 e. The van der Waals surface area contributed by atoms with Gasteiger partial charge in [-0.1, -0.05) is 36.4 Å². The Balaban J connectivity index is 1.10. The van der Waals surface area contributed by atoms with E-state index in [9.17, 15) is 14.4 Å². The summed E-state index contributed by atoms with van der Waals surface area (Å²) in [6.07, 6.45) is 5.05. The molecule has 0 atom stereocenters. The van der Waals surface area contributed by atoms with Gasteiger partial charge in [-0.2, -0.15) is 0 Å². The number of carbonyl (C=O) groups is 1. The van der Waals surface area contributed by atoms with Crippen LogP contribution in [0.4, 0.5) is 5.69 Å². The lowest BCUT2D eigenvalue weighted by atomic mass is 9.98. The molecule has 6 rings (SSSR count). The molecule has 2 heterocycles. The molecule has 2 N–H and O–H groups in total. The molecule has 5 aromatic rings. The molecule has 1 aliphatic rings. The molecule has 1 aromatic heterocycles. The summed E-state index contributed by atoms with van der Waals surface area (Å²) in [5, 5.41) is 3.28. The van der Waals surface area contributed by atoms with Crippen LogP contribution in [0.15, 0.2) is 94.5 Å². The Hall–Kier alpha value is -5.87. The number of aromatic nitrogens is 2. The van der Waals surface area contributed by atoms with E-state index in [1.807, 2.05) is 36.4 Å². The van der Waals surface area contributed by atoms with Crippen LogP contribution in [0.1, 0.15) is 38.2 Å². The first kappa shape index (κ1) is 34.0. The van der Waals surface area contributed by atoms with Crippen molar-refractivity contribution >= 4 is 23.7 Å². The van der Waals surface area contributed by atoms with Gasteiger partial charge < -0.3 is 29.1 Å². The zero-order chi connectivity index (χ0) is 35.2. The van der Waals surface area contributed by atoms with Crippen molar-refractivity contribution < 1.29 is 19.0 Å². The quantitative estimate of drug-likeness (QED) is 0.233. The van der Waals surface area contributed by atoms with Crippen LogP contribution < -0.4 is 41.3 Å². The minimum absolute atomic E-state index is 0.113. The van der Waals surface area contributed by atoms with Crippen LogP contribution in [0.2, 0.25) is 0 Å². The van der Waals surface area contributed by atoms with Gasteiger partial charge in [-0.25, -0.2) is 0 Å². The third-order valence-corrected chi connectivity index (χ3v) is 8.96. The van der Waals surface area contributed by atoms with Crippen molar-refractivity contribution in [1.29, 1.82) is 0 Å². The predicted octanol–water partition coefficient (Wildman–Crippen LogP) is 3.61. The summed E-state index contributed by atoms with van der Waals surface area (Å²) in [4.78, 5) is 44.5. The fourth-order valence-corrected chi connectivity index (χ4v) is 6.15. The van der Waals surface area contributed by atoms with Gasteiger partial charge in [0.15, 0.2) is 11.5 Å². The Morgan fingerprint density at radius 3 is 2.26 bits per heavy atom. The highest BCUT2D eigenvalue weighted by Crippen LogP contribution is 2.33. The smallest absolute Gasteiger partial charge is 0.274 e. The number of H-pyrrole nitrogens is 1. The molecule has 1 aliphatic heterocycles. The first-order valence-electron chi connectivity index (χ1n) is 16.4. The van der Waals surface area contributed by atoms with E-state index in [0.717, 1.165) is 49.5 Å². The van der Waals surface area contributed by atoms with E-state index in [4.69, 9.17) is 14.2 Å². The largest absolute Gasteiger partial charge is 0.497 e. The number of aromatic amines is 1. The van der Waals surface area contributed by atoms with Crippen molar-refractivity contribution in [2.75, 3.05) is 39.7 Å². The van der Waals surface area contributed by atoms with Crippen molar-refractivity contribution in [2.24, 2.45) is 7.05 Å². The predicted molar refractivity (Wildman–Crippen MR) is 195 cm³/mol. The van der Waals surface area contributed by atoms with Gasteiger partial charge in [-0.05, 0) is 101 Å². The molecule has 0 saturated carbocycles. The summed E-state index contributed by atoms with van der Waals surface area (Å²) in [6, 6.07) is 26.2. The average molecular weight is 673 g/mol. The number of hydrogen-bond donors (Lipinski definition) is 2. The first-order valence-corrected chi connectivity index (χ1v) is 16.4. The Labute approximate surface area is 289 Å². The van der Waals surface area contributed by atoms with Crippen LogP contribution in [0.3, 0.4) is 0 Å². The van der Waals surface area contributed by atoms with Gasteiger partial charge in [0.05, 0.1) is 21.3 Å². The molecule has 10 nitrogen and oxygen atoms in total. The molecule has 0 fully saturated rings. The molecule has 0 aliphatic carbocycles. The maximum absolute atomic E-state index is 13.2. The van der Waals surface area contributed by atoms with Gasteiger partial charge in [-0.15, -0.1) is 0 Å². The SMILES string of the molecule is COc1cccc(C=c2c(=O)[nH]c(=Cc3cccc(C(=O)Nc4ccc(CCN5CCc6cc(OC)c(OC)cc6C5)cc4)c3)c(=O)n2C)c1. The second kappa shape index (κ2) is 15.1. The van der Waals surface area contributed by atoms with E-state index in [0.29, 0.717) is 22.6 Å². The second-order valence-electron chi connectivity index (χ2n) is 12.2. The number of fused-ring (bicyclic) bond motifs is 1. The molecule has 1 amide bonds. The number of hydrogen-bond acceptors (Lipinski definition) is 7. The van der Waals surface area contributed by atoms with Gasteiger partial charge >= 0.3 is 0 Å². The highest BCUT2D eigenvalue weighted by molar-refractivity contribution is 6.04. The second-order valence-corrected chi connectivity index (χ2v) is 12.2. The molecular formula is C40H40N4O6. The lowest BCUT2D eigenvalue weighted by Gasteiger charge is -2.29. The molecule has 0 radical (unpaired) electrons. The number of benzene rings is 4. The fourth-order valence-electron chi connectivity index (χ4n) is 6.15. The Bertz CT molecular complexity index is 2270. The third kappa shape index (κ3) is 7.71. The van der Waals surface area contributed by atoms with Gasteiger partial charge in [0.25, 0.3) is 17.0 Å². The number of anilines is 1. The van der Waals surface area contributed by atoms with Gasteiger partial charge in [-0.3, -0.25) is 19.3 Å². The summed E-state index contributed by atoms with van der Waals surface area (Å²) in [5.74, 6) is 1.88. The topological polar surface area (TPSA) is 115 Å². The Morgan fingerprint density at radius 2 is 1.54 bits per heavy atom. The van der Waals surface area contributed by atoms with Crippen LogP contribution in [0.5, 0.6) is 17.2 Å². The van der Waals surface area contributed by atoms with Gasteiger partial charge in [0.1, 0.15) is 16.4 Å². The molecular weight excluding hydrogens is 632 g/mol. The summed E-state index contributed by atoms with van der Waals surface area (Å²) in [5.41, 5.74) is 5.39. The van der Waals surface area contributed by atoms with Crippen LogP contribution in [0.25, 0.3) is 12.2 Å². The number of carbonyl (C=O) groups excluding carboxylic acids is 1. The summed E-state index contributed by atoms with van der Waals surface area (Å²) in [7, 11) is 6.44. The molecule has 50 heavy (non-hydrogen) atoms. The van der Waals surface area contributed by atoms with E-state index in [1.165, 1.54) is 21.3 Å². The van der Waals surface area contributed by atoms with Gasteiger partial charge in [0.2, 0.25) is 0 Å². The van der Waals surface area contributed by atoms with Crippen LogP contribution in [-0.2, 0) is 26.4 Å². The van der Waals surface area contributed by atoms with Crippen molar-refractivity contribution in [3.05, 3.63) is 150 Å². The van der Waals surface area contributed by atoms with E-state index in [2.05, 4.69) is 27.3 Å². The summed E-state index contributed by atoms with van der Waals surface area (Å²) in [6.45, 7) is 2.76. The number of rotatable bonds is 10. The Kier molecular flexibility index (Phi) is 10.3. The fraction of sp³-hybridized carbons (Fsp3) is 0.225. The zero-order valence-electron chi connectivity index (χ0n) is 28.6. The minimum atomic E-state index is -0.415. The van der Waals surface area contributed by atoms with Crippen molar-refractivity contribution in [2.45, 2.75) is 19.4 Å². The number of amides is 1. The highest BCUT2D eigenvalue weighted by atomic mass is 16.5. The molecule has 0 saturated heterocycles. The molecule has 256 valence electrons. The molecule has 0 unspecified atom stereocenters.